The van der Waals surface area contributed by atoms with Gasteiger partial charge in [-0.3, -0.25) is 9.80 Å². The Morgan fingerprint density at radius 3 is 1.95 bits per heavy atom. The summed E-state index contributed by atoms with van der Waals surface area (Å²) in [6.07, 6.45) is 2.79. The Bertz CT molecular complexity index is 294. The highest BCUT2D eigenvalue weighted by atomic mass is 15.5. The smallest absolute Gasteiger partial charge is 0.140 e. The third kappa shape index (κ3) is 3.32. The molecule has 1 atom stereocenters. The van der Waals surface area contributed by atoms with Gasteiger partial charge >= 0.3 is 0 Å². The number of nitrogens with zero attached hydrogens (tertiary/aromatic N) is 3. The maximum Gasteiger partial charge on any atom is 0.140 e. The van der Waals surface area contributed by atoms with Crippen LogP contribution in [0.3, 0.4) is 0 Å². The van der Waals surface area contributed by atoms with Crippen LogP contribution in [0.4, 0.5) is 0 Å². The van der Waals surface area contributed by atoms with E-state index in [4.69, 9.17) is 0 Å². The van der Waals surface area contributed by atoms with Crippen LogP contribution in [0.25, 0.3) is 0 Å². The molecule has 1 heterocycles. The van der Waals surface area contributed by atoms with Crippen LogP contribution >= 0.6 is 0 Å². The third-order valence-electron chi connectivity index (χ3n) is 4.40. The molecule has 0 N–H and O–H groups in total. The van der Waals surface area contributed by atoms with Gasteiger partial charge in [0.1, 0.15) is 6.29 Å². The molecule has 0 aromatic heterocycles. The largest absolute Gasteiger partial charge is 0.347 e. The summed E-state index contributed by atoms with van der Waals surface area (Å²) < 4.78 is 0. The maximum atomic E-state index is 2.62. The summed E-state index contributed by atoms with van der Waals surface area (Å²) in [6.45, 7) is 19.3. The topological polar surface area (TPSA) is 9.72 Å². The molecule has 3 nitrogen and oxygen atoms in total. The molecule has 0 fully saturated rings. The SMILES string of the molecule is CCC1=C(CC)N(CC)C(N(CC)CC)N(CC)C1. The Labute approximate surface area is 120 Å². The minimum atomic E-state index is 0.454. The molecule has 1 aliphatic rings. The molecule has 0 amide bonds. The highest BCUT2D eigenvalue weighted by Crippen LogP contribution is 2.29. The Morgan fingerprint density at radius 1 is 0.947 bits per heavy atom. The van der Waals surface area contributed by atoms with Crippen molar-refractivity contribution in [3.63, 3.8) is 0 Å². The van der Waals surface area contributed by atoms with Crippen molar-refractivity contribution in [3.05, 3.63) is 11.3 Å². The van der Waals surface area contributed by atoms with Crippen molar-refractivity contribution >= 4 is 0 Å². The van der Waals surface area contributed by atoms with E-state index in [9.17, 15) is 0 Å². The van der Waals surface area contributed by atoms with Crippen molar-refractivity contribution < 1.29 is 0 Å². The van der Waals surface area contributed by atoms with E-state index in [0.29, 0.717) is 6.29 Å². The Balaban J connectivity index is 3.15. The van der Waals surface area contributed by atoms with E-state index in [2.05, 4.69) is 56.2 Å². The van der Waals surface area contributed by atoms with Gasteiger partial charge in [-0.15, -0.1) is 0 Å². The fourth-order valence-electron chi connectivity index (χ4n) is 3.33. The second kappa shape index (κ2) is 7.91. The molecule has 112 valence electrons. The van der Waals surface area contributed by atoms with E-state index in [0.717, 1.165) is 39.1 Å². The molecule has 0 saturated heterocycles. The first-order chi connectivity index (χ1) is 9.18. The van der Waals surface area contributed by atoms with Crippen LogP contribution in [0.5, 0.6) is 0 Å². The minimum Gasteiger partial charge on any atom is -0.347 e. The van der Waals surface area contributed by atoms with E-state index in [1.54, 1.807) is 11.3 Å². The van der Waals surface area contributed by atoms with Crippen LogP contribution in [0.1, 0.15) is 54.4 Å². The van der Waals surface area contributed by atoms with Crippen molar-refractivity contribution in [3.8, 4) is 0 Å². The molecule has 0 aliphatic carbocycles. The van der Waals surface area contributed by atoms with Gasteiger partial charge in [0.2, 0.25) is 0 Å². The minimum absolute atomic E-state index is 0.454. The van der Waals surface area contributed by atoms with Crippen LogP contribution in [0.15, 0.2) is 11.3 Å². The van der Waals surface area contributed by atoms with E-state index >= 15 is 0 Å². The van der Waals surface area contributed by atoms with Crippen LogP contribution in [0.2, 0.25) is 0 Å². The van der Waals surface area contributed by atoms with Crippen molar-refractivity contribution in [2.24, 2.45) is 0 Å². The summed E-state index contributed by atoms with van der Waals surface area (Å²) in [5.74, 6) is 0. The molecule has 0 bridgehead atoms. The van der Waals surface area contributed by atoms with Gasteiger partial charge in [0, 0.05) is 18.8 Å². The normalized spacial score (nSPS) is 21.6. The number of rotatable bonds is 7. The van der Waals surface area contributed by atoms with Gasteiger partial charge in [-0.1, -0.05) is 34.6 Å². The molecule has 0 aromatic rings. The summed E-state index contributed by atoms with van der Waals surface area (Å²) in [6, 6.07) is 0. The lowest BCUT2D eigenvalue weighted by atomic mass is 10.0. The molecule has 0 radical (unpaired) electrons. The Morgan fingerprint density at radius 2 is 1.58 bits per heavy atom. The second-order valence-electron chi connectivity index (χ2n) is 5.17. The van der Waals surface area contributed by atoms with Gasteiger partial charge in [0.05, 0.1) is 0 Å². The summed E-state index contributed by atoms with van der Waals surface area (Å²) >= 11 is 0. The average molecular weight is 267 g/mol. The fraction of sp³-hybridized carbons (Fsp3) is 0.875. The van der Waals surface area contributed by atoms with E-state index in [1.165, 1.54) is 6.42 Å². The van der Waals surface area contributed by atoms with Gasteiger partial charge in [-0.05, 0) is 45.0 Å². The van der Waals surface area contributed by atoms with Gasteiger partial charge in [0.15, 0.2) is 0 Å². The van der Waals surface area contributed by atoms with Crippen molar-refractivity contribution in [1.29, 1.82) is 0 Å². The molecular formula is C16H33N3. The number of hydrogen-bond donors (Lipinski definition) is 0. The van der Waals surface area contributed by atoms with Gasteiger partial charge < -0.3 is 4.90 Å². The Kier molecular flexibility index (Phi) is 6.87. The quantitative estimate of drug-likeness (QED) is 0.700. The standard InChI is InChI=1S/C16H33N3/c1-7-14-13-18(11-5)16(17(9-3)10-4)19(12-6)15(14)8-2/h16H,7-13H2,1-6H3. The molecule has 1 rings (SSSR count). The molecule has 19 heavy (non-hydrogen) atoms. The lowest BCUT2D eigenvalue weighted by Crippen LogP contribution is -2.60. The van der Waals surface area contributed by atoms with Gasteiger partial charge in [0.25, 0.3) is 0 Å². The van der Waals surface area contributed by atoms with E-state index in [1.807, 2.05) is 0 Å². The van der Waals surface area contributed by atoms with Gasteiger partial charge in [-0.2, -0.15) is 0 Å². The van der Waals surface area contributed by atoms with E-state index in [-0.39, 0.29) is 0 Å². The zero-order valence-corrected chi connectivity index (χ0v) is 13.9. The average Bonchev–Trinajstić information content (AvgIpc) is 2.47. The predicted octanol–water partition coefficient (Wildman–Crippen LogP) is 3.34. The monoisotopic (exact) mass is 267 g/mol. The Hall–Kier alpha value is -0.540. The summed E-state index contributed by atoms with van der Waals surface area (Å²) in [7, 11) is 0. The van der Waals surface area contributed by atoms with Crippen LogP contribution in [-0.4, -0.2) is 53.7 Å². The highest BCUT2D eigenvalue weighted by Gasteiger charge is 2.33. The molecule has 1 unspecified atom stereocenters. The molecule has 1 aliphatic heterocycles. The molecular weight excluding hydrogens is 234 g/mol. The predicted molar refractivity (Wildman–Crippen MR) is 83.9 cm³/mol. The fourth-order valence-corrected chi connectivity index (χ4v) is 3.33. The number of likely N-dealkylation sites (N-methyl/N-ethyl adjacent to an activating group) is 1. The first-order valence-corrected chi connectivity index (χ1v) is 8.13. The molecule has 0 spiro atoms. The number of hydrogen-bond acceptors (Lipinski definition) is 3. The molecule has 0 saturated carbocycles. The summed E-state index contributed by atoms with van der Waals surface area (Å²) in [4.78, 5) is 7.82. The molecule has 0 aromatic carbocycles. The molecule has 3 heteroatoms. The first-order valence-electron chi connectivity index (χ1n) is 8.13. The summed E-state index contributed by atoms with van der Waals surface area (Å²) in [5, 5.41) is 0. The van der Waals surface area contributed by atoms with Crippen molar-refractivity contribution in [2.45, 2.75) is 60.7 Å². The summed E-state index contributed by atoms with van der Waals surface area (Å²) in [5.41, 5.74) is 3.22. The number of allylic oxidation sites excluding steroid dienone is 1. The van der Waals surface area contributed by atoms with Crippen LogP contribution in [-0.2, 0) is 0 Å². The first kappa shape index (κ1) is 16.5. The lowest BCUT2D eigenvalue weighted by Gasteiger charge is -2.50. The van der Waals surface area contributed by atoms with Crippen molar-refractivity contribution in [2.75, 3.05) is 32.7 Å². The second-order valence-corrected chi connectivity index (χ2v) is 5.17. The maximum absolute atomic E-state index is 2.62. The highest BCUT2D eigenvalue weighted by molar-refractivity contribution is 5.19. The zero-order chi connectivity index (χ0) is 14.4. The third-order valence-corrected chi connectivity index (χ3v) is 4.40. The van der Waals surface area contributed by atoms with E-state index < -0.39 is 0 Å². The van der Waals surface area contributed by atoms with Crippen LogP contribution in [0, 0.1) is 0 Å². The van der Waals surface area contributed by atoms with Crippen molar-refractivity contribution in [1.82, 2.24) is 14.7 Å². The zero-order valence-electron chi connectivity index (χ0n) is 13.9. The van der Waals surface area contributed by atoms with Crippen LogP contribution < -0.4 is 0 Å². The van der Waals surface area contributed by atoms with Gasteiger partial charge in [-0.25, -0.2) is 0 Å². The lowest BCUT2D eigenvalue weighted by molar-refractivity contribution is -0.0564.